The minimum atomic E-state index is 0. The molecule has 1 aromatic rings. The third-order valence-electron chi connectivity index (χ3n) is 3.42. The maximum Gasteiger partial charge on any atom is 0.208 e. The zero-order valence-corrected chi connectivity index (χ0v) is 12.8. The van der Waals surface area contributed by atoms with Gasteiger partial charge in [0.1, 0.15) is 5.76 Å². The Bertz CT molecular complexity index is 368. The van der Waals surface area contributed by atoms with E-state index in [-0.39, 0.29) is 30.2 Å². The molecular formula is C12H23Cl2N3O. The second-order valence-corrected chi connectivity index (χ2v) is 5.46. The summed E-state index contributed by atoms with van der Waals surface area (Å²) >= 11 is 0. The van der Waals surface area contributed by atoms with Gasteiger partial charge in [-0.15, -0.1) is 24.8 Å². The van der Waals surface area contributed by atoms with E-state index in [9.17, 15) is 0 Å². The summed E-state index contributed by atoms with van der Waals surface area (Å²) in [4.78, 5) is 6.61. The highest BCUT2D eigenvalue weighted by Gasteiger charge is 2.33. The molecule has 6 heteroatoms. The molecule has 1 unspecified atom stereocenters. The smallest absolute Gasteiger partial charge is 0.208 e. The van der Waals surface area contributed by atoms with Crippen LogP contribution in [-0.2, 0) is 6.54 Å². The number of aryl methyl sites for hydroxylation is 1. The molecule has 1 aromatic heterocycles. The first kappa shape index (κ1) is 17.7. The van der Waals surface area contributed by atoms with Crippen molar-refractivity contribution in [1.29, 1.82) is 0 Å². The predicted octanol–water partition coefficient (Wildman–Crippen LogP) is 2.39. The first-order valence-electron chi connectivity index (χ1n) is 5.86. The number of likely N-dealkylation sites (tertiary alicyclic amines) is 1. The molecule has 1 aliphatic heterocycles. The van der Waals surface area contributed by atoms with Gasteiger partial charge in [0.25, 0.3) is 0 Å². The number of nitrogens with zero attached hydrogens (tertiary/aromatic N) is 2. The van der Waals surface area contributed by atoms with E-state index in [4.69, 9.17) is 10.2 Å². The normalized spacial score (nSPS) is 23.0. The van der Waals surface area contributed by atoms with Gasteiger partial charge < -0.3 is 10.2 Å². The quantitative estimate of drug-likeness (QED) is 0.910. The zero-order chi connectivity index (χ0) is 11.8. The van der Waals surface area contributed by atoms with Gasteiger partial charge in [-0.1, -0.05) is 13.8 Å². The molecule has 4 nitrogen and oxygen atoms in total. The molecule has 0 radical (unpaired) electrons. The summed E-state index contributed by atoms with van der Waals surface area (Å²) in [5, 5.41) is 0. The predicted molar refractivity (Wildman–Crippen MR) is 77.4 cm³/mol. The van der Waals surface area contributed by atoms with E-state index in [1.165, 1.54) is 0 Å². The van der Waals surface area contributed by atoms with E-state index >= 15 is 0 Å². The van der Waals surface area contributed by atoms with Crippen LogP contribution < -0.4 is 5.73 Å². The Hall–Kier alpha value is -0.290. The van der Waals surface area contributed by atoms with Crippen LogP contribution in [0.25, 0.3) is 0 Å². The van der Waals surface area contributed by atoms with Crippen molar-refractivity contribution < 1.29 is 4.42 Å². The standard InChI is InChI=1S/C12H21N3O.2ClH/c1-9-6-14-11(16-9)7-15-5-4-10(13)12(2,3)8-15;;/h6,10H,4-5,7-8,13H2,1-3H3;2*1H. The highest BCUT2D eigenvalue weighted by molar-refractivity contribution is 5.85. The Morgan fingerprint density at radius 2 is 2.17 bits per heavy atom. The van der Waals surface area contributed by atoms with Crippen molar-refractivity contribution in [2.24, 2.45) is 11.1 Å². The Morgan fingerprint density at radius 1 is 1.50 bits per heavy atom. The molecule has 0 bridgehead atoms. The Labute approximate surface area is 121 Å². The van der Waals surface area contributed by atoms with Gasteiger partial charge in [0.05, 0.1) is 12.7 Å². The Kier molecular flexibility index (Phi) is 6.65. The summed E-state index contributed by atoms with van der Waals surface area (Å²) in [6, 6.07) is 0.301. The lowest BCUT2D eigenvalue weighted by Gasteiger charge is -2.42. The third kappa shape index (κ3) is 4.12. The summed E-state index contributed by atoms with van der Waals surface area (Å²) in [6.45, 7) is 9.22. The number of aromatic nitrogens is 1. The second kappa shape index (κ2) is 6.75. The second-order valence-electron chi connectivity index (χ2n) is 5.46. The van der Waals surface area contributed by atoms with E-state index in [0.717, 1.165) is 37.7 Å². The van der Waals surface area contributed by atoms with Crippen LogP contribution in [0.5, 0.6) is 0 Å². The van der Waals surface area contributed by atoms with Gasteiger partial charge in [-0.3, -0.25) is 4.90 Å². The van der Waals surface area contributed by atoms with Crippen LogP contribution in [0.3, 0.4) is 0 Å². The topological polar surface area (TPSA) is 55.3 Å². The van der Waals surface area contributed by atoms with Gasteiger partial charge in [0, 0.05) is 19.1 Å². The molecular weight excluding hydrogens is 273 g/mol. The maximum absolute atomic E-state index is 6.11. The molecule has 1 atom stereocenters. The van der Waals surface area contributed by atoms with Crippen LogP contribution in [-0.4, -0.2) is 29.0 Å². The molecule has 2 rings (SSSR count). The minimum absolute atomic E-state index is 0. The van der Waals surface area contributed by atoms with Crippen LogP contribution in [0.2, 0.25) is 0 Å². The average molecular weight is 296 g/mol. The lowest BCUT2D eigenvalue weighted by atomic mass is 9.80. The van der Waals surface area contributed by atoms with Crippen molar-refractivity contribution in [3.05, 3.63) is 17.8 Å². The van der Waals surface area contributed by atoms with Crippen LogP contribution in [0, 0.1) is 12.3 Å². The maximum atomic E-state index is 6.11. The van der Waals surface area contributed by atoms with E-state index in [2.05, 4.69) is 23.7 Å². The number of halogens is 2. The molecule has 0 saturated carbocycles. The molecule has 0 amide bonds. The largest absolute Gasteiger partial charge is 0.445 e. The number of piperidine rings is 1. The SMILES string of the molecule is Cc1cnc(CN2CCC(N)C(C)(C)C2)o1.Cl.Cl. The molecule has 2 heterocycles. The van der Waals surface area contributed by atoms with E-state index in [0.29, 0.717) is 6.04 Å². The number of hydrogen-bond donors (Lipinski definition) is 1. The van der Waals surface area contributed by atoms with Crippen molar-refractivity contribution in [3.8, 4) is 0 Å². The average Bonchev–Trinajstić information content (AvgIpc) is 2.57. The van der Waals surface area contributed by atoms with E-state index in [1.54, 1.807) is 6.20 Å². The van der Waals surface area contributed by atoms with Crippen LogP contribution in [0.15, 0.2) is 10.6 Å². The van der Waals surface area contributed by atoms with Gasteiger partial charge in [0.2, 0.25) is 5.89 Å². The van der Waals surface area contributed by atoms with Gasteiger partial charge in [0.15, 0.2) is 0 Å². The summed E-state index contributed by atoms with van der Waals surface area (Å²) in [6.07, 6.45) is 2.82. The monoisotopic (exact) mass is 295 g/mol. The Morgan fingerprint density at radius 3 is 2.67 bits per heavy atom. The molecule has 0 aliphatic carbocycles. The summed E-state index contributed by atoms with van der Waals surface area (Å²) in [5.41, 5.74) is 6.29. The first-order valence-corrected chi connectivity index (χ1v) is 5.86. The number of rotatable bonds is 2. The molecule has 106 valence electrons. The molecule has 0 aromatic carbocycles. The van der Waals surface area contributed by atoms with Crippen molar-refractivity contribution in [1.82, 2.24) is 9.88 Å². The summed E-state index contributed by atoms with van der Waals surface area (Å²) < 4.78 is 5.50. The van der Waals surface area contributed by atoms with Gasteiger partial charge >= 0.3 is 0 Å². The van der Waals surface area contributed by atoms with E-state index < -0.39 is 0 Å². The number of oxazole rings is 1. The number of hydrogen-bond acceptors (Lipinski definition) is 4. The zero-order valence-electron chi connectivity index (χ0n) is 11.2. The molecule has 1 aliphatic rings. The first-order chi connectivity index (χ1) is 7.47. The van der Waals surface area contributed by atoms with Crippen molar-refractivity contribution in [2.75, 3.05) is 13.1 Å². The van der Waals surface area contributed by atoms with Gasteiger partial charge in [-0.05, 0) is 18.8 Å². The summed E-state index contributed by atoms with van der Waals surface area (Å²) in [5.74, 6) is 1.69. The highest BCUT2D eigenvalue weighted by atomic mass is 35.5. The fourth-order valence-electron chi connectivity index (χ4n) is 2.29. The lowest BCUT2D eigenvalue weighted by molar-refractivity contribution is 0.0828. The molecule has 0 spiro atoms. The third-order valence-corrected chi connectivity index (χ3v) is 3.42. The minimum Gasteiger partial charge on any atom is -0.445 e. The molecule has 2 N–H and O–H groups in total. The van der Waals surface area contributed by atoms with Crippen LogP contribution >= 0.6 is 24.8 Å². The molecule has 18 heavy (non-hydrogen) atoms. The van der Waals surface area contributed by atoms with Crippen molar-refractivity contribution in [3.63, 3.8) is 0 Å². The van der Waals surface area contributed by atoms with Gasteiger partial charge in [-0.2, -0.15) is 0 Å². The molecule has 1 saturated heterocycles. The van der Waals surface area contributed by atoms with Crippen LogP contribution in [0.1, 0.15) is 31.9 Å². The highest BCUT2D eigenvalue weighted by Crippen LogP contribution is 2.28. The van der Waals surface area contributed by atoms with Crippen molar-refractivity contribution in [2.45, 2.75) is 39.8 Å². The fraction of sp³-hybridized carbons (Fsp3) is 0.750. The van der Waals surface area contributed by atoms with Gasteiger partial charge in [-0.25, -0.2) is 4.98 Å². The lowest BCUT2D eigenvalue weighted by Crippen LogP contribution is -2.52. The number of nitrogens with two attached hydrogens (primary N) is 1. The van der Waals surface area contributed by atoms with E-state index in [1.807, 2.05) is 6.92 Å². The van der Waals surface area contributed by atoms with Crippen LogP contribution in [0.4, 0.5) is 0 Å². The van der Waals surface area contributed by atoms with Crippen molar-refractivity contribution >= 4 is 24.8 Å². The summed E-state index contributed by atoms with van der Waals surface area (Å²) in [7, 11) is 0. The Balaban J connectivity index is 0.00000144. The fourth-order valence-corrected chi connectivity index (χ4v) is 2.29. The molecule has 1 fully saturated rings.